The molecule has 0 atom stereocenters. The van der Waals surface area contributed by atoms with E-state index in [1.165, 1.54) is 17.9 Å². The third-order valence-corrected chi connectivity index (χ3v) is 8.42. The summed E-state index contributed by atoms with van der Waals surface area (Å²) >= 11 is 0. The van der Waals surface area contributed by atoms with E-state index in [0.29, 0.717) is 13.1 Å². The first kappa shape index (κ1) is 28.0. The Morgan fingerprint density at radius 3 is 2.28 bits per heavy atom. The Hall–Kier alpha value is -2.56. The lowest BCUT2D eigenvalue weighted by molar-refractivity contribution is 0.154. The van der Waals surface area contributed by atoms with Gasteiger partial charge in [-0.2, -0.15) is 0 Å². The molecule has 2 aromatic carbocycles. The van der Waals surface area contributed by atoms with Crippen LogP contribution in [0.25, 0.3) is 10.8 Å². The highest BCUT2D eigenvalue weighted by atomic mass is 35.5. The number of guanidine groups is 1. The number of fused-ring (bicyclic) bond motifs is 1. The SMILES string of the molecule is Cl.N=C(N)N1CCC(CN(NS(=O)(=O)c2ccc3ccccc3c2)C(=O)NC2CCCCCC2)CC1. The first-order chi connectivity index (χ1) is 16.8. The Morgan fingerprint density at radius 2 is 1.64 bits per heavy atom. The molecule has 198 valence electrons. The Balaban J connectivity index is 0.00000361. The average Bonchev–Trinajstić information content (AvgIpc) is 3.12. The molecule has 0 aromatic heterocycles. The summed E-state index contributed by atoms with van der Waals surface area (Å²) in [6.07, 6.45) is 7.74. The molecular weight excluding hydrogens is 500 g/mol. The fraction of sp³-hybridized carbons (Fsp3) is 0.520. The number of amides is 2. The van der Waals surface area contributed by atoms with Gasteiger partial charge in [-0.15, -0.1) is 17.2 Å². The third-order valence-electron chi connectivity index (χ3n) is 7.09. The largest absolute Gasteiger partial charge is 0.370 e. The van der Waals surface area contributed by atoms with E-state index in [4.69, 9.17) is 11.1 Å². The van der Waals surface area contributed by atoms with Crippen LogP contribution >= 0.6 is 12.4 Å². The van der Waals surface area contributed by atoms with Crippen molar-refractivity contribution in [2.45, 2.75) is 62.3 Å². The van der Waals surface area contributed by atoms with Gasteiger partial charge in [-0.25, -0.2) is 18.2 Å². The molecule has 1 saturated heterocycles. The second kappa shape index (κ2) is 12.6. The van der Waals surface area contributed by atoms with Crippen molar-refractivity contribution in [2.24, 2.45) is 11.7 Å². The summed E-state index contributed by atoms with van der Waals surface area (Å²) in [6.45, 7) is 1.50. The molecule has 5 N–H and O–H groups in total. The normalized spacial score (nSPS) is 17.7. The van der Waals surface area contributed by atoms with Crippen molar-refractivity contribution in [1.82, 2.24) is 20.1 Å². The summed E-state index contributed by atoms with van der Waals surface area (Å²) in [4.78, 5) is 17.8. The quantitative estimate of drug-likeness (QED) is 0.193. The van der Waals surface area contributed by atoms with Crippen LogP contribution in [-0.4, -0.2) is 56.0 Å². The number of hydrogen-bond acceptors (Lipinski definition) is 4. The Bertz CT molecular complexity index is 1150. The lowest BCUT2D eigenvalue weighted by Crippen LogP contribution is -2.55. The minimum atomic E-state index is -3.97. The molecule has 0 spiro atoms. The van der Waals surface area contributed by atoms with E-state index in [1.807, 2.05) is 24.3 Å². The maximum absolute atomic E-state index is 13.3. The smallest absolute Gasteiger partial charge is 0.332 e. The zero-order valence-electron chi connectivity index (χ0n) is 20.5. The van der Waals surface area contributed by atoms with E-state index in [2.05, 4.69) is 10.1 Å². The van der Waals surface area contributed by atoms with Crippen LogP contribution in [0, 0.1) is 11.3 Å². The van der Waals surface area contributed by atoms with Gasteiger partial charge in [-0.3, -0.25) is 5.41 Å². The molecule has 0 unspecified atom stereocenters. The lowest BCUT2D eigenvalue weighted by atomic mass is 9.97. The van der Waals surface area contributed by atoms with E-state index < -0.39 is 16.1 Å². The first-order valence-corrected chi connectivity index (χ1v) is 14.0. The number of piperidine rings is 1. The van der Waals surface area contributed by atoms with Crippen molar-refractivity contribution >= 4 is 45.2 Å². The number of halogens is 1. The van der Waals surface area contributed by atoms with Gasteiger partial charge in [0.1, 0.15) is 0 Å². The van der Waals surface area contributed by atoms with Gasteiger partial charge < -0.3 is 16.0 Å². The summed E-state index contributed by atoms with van der Waals surface area (Å²) in [7, 11) is -3.97. The van der Waals surface area contributed by atoms with Gasteiger partial charge in [0.15, 0.2) is 5.96 Å². The van der Waals surface area contributed by atoms with E-state index in [1.54, 1.807) is 23.1 Å². The molecule has 11 heteroatoms. The highest BCUT2D eigenvalue weighted by Crippen LogP contribution is 2.22. The number of hydrazine groups is 1. The number of urea groups is 1. The van der Waals surface area contributed by atoms with Crippen LogP contribution < -0.4 is 15.9 Å². The number of nitrogens with one attached hydrogen (secondary N) is 3. The molecule has 0 radical (unpaired) electrons. The molecular formula is C25H37ClN6O3S. The van der Waals surface area contributed by atoms with Crippen LogP contribution in [0.1, 0.15) is 51.4 Å². The number of carbonyl (C=O) groups is 1. The fourth-order valence-electron chi connectivity index (χ4n) is 4.98. The summed E-state index contributed by atoms with van der Waals surface area (Å²) in [5.74, 6) is 0.146. The van der Waals surface area contributed by atoms with Crippen LogP contribution in [0.15, 0.2) is 47.4 Å². The van der Waals surface area contributed by atoms with Crippen molar-refractivity contribution in [1.29, 1.82) is 5.41 Å². The molecule has 4 rings (SSSR count). The Kier molecular flexibility index (Phi) is 9.81. The van der Waals surface area contributed by atoms with E-state index in [0.717, 1.165) is 49.3 Å². The number of sulfonamides is 1. The maximum atomic E-state index is 13.3. The van der Waals surface area contributed by atoms with Crippen LogP contribution in [0.2, 0.25) is 0 Å². The van der Waals surface area contributed by atoms with Crippen molar-refractivity contribution in [2.75, 3.05) is 19.6 Å². The molecule has 0 bridgehead atoms. The van der Waals surface area contributed by atoms with E-state index in [9.17, 15) is 13.2 Å². The van der Waals surface area contributed by atoms with Crippen LogP contribution in [0.4, 0.5) is 4.79 Å². The fourth-order valence-corrected chi connectivity index (χ4v) is 6.07. The molecule has 2 fully saturated rings. The maximum Gasteiger partial charge on any atom is 0.332 e. The number of carbonyl (C=O) groups excluding carboxylic acids is 1. The van der Waals surface area contributed by atoms with Crippen LogP contribution in [0.5, 0.6) is 0 Å². The Morgan fingerprint density at radius 1 is 1.00 bits per heavy atom. The van der Waals surface area contributed by atoms with E-state index in [-0.39, 0.29) is 41.8 Å². The van der Waals surface area contributed by atoms with Crippen molar-refractivity contribution in [3.63, 3.8) is 0 Å². The monoisotopic (exact) mass is 536 g/mol. The number of nitrogens with zero attached hydrogens (tertiary/aromatic N) is 2. The third kappa shape index (κ3) is 7.24. The molecule has 36 heavy (non-hydrogen) atoms. The predicted molar refractivity (Wildman–Crippen MR) is 144 cm³/mol. The van der Waals surface area contributed by atoms with E-state index >= 15 is 0 Å². The van der Waals surface area contributed by atoms with Gasteiger partial charge in [0.25, 0.3) is 10.0 Å². The van der Waals surface area contributed by atoms with Gasteiger partial charge >= 0.3 is 6.03 Å². The minimum absolute atomic E-state index is 0. The van der Waals surface area contributed by atoms with Crippen LogP contribution in [-0.2, 0) is 10.0 Å². The highest BCUT2D eigenvalue weighted by molar-refractivity contribution is 7.89. The second-order valence-electron chi connectivity index (χ2n) is 9.67. The van der Waals surface area contributed by atoms with Gasteiger partial charge in [0.2, 0.25) is 0 Å². The zero-order chi connectivity index (χ0) is 24.8. The molecule has 2 aromatic rings. The van der Waals surface area contributed by atoms with Crippen LogP contribution in [0.3, 0.4) is 0 Å². The summed E-state index contributed by atoms with van der Waals surface area (Å²) in [6, 6.07) is 12.2. The standard InChI is InChI=1S/C25H36N6O3S.ClH/c26-24(27)30-15-13-19(14-16-30)18-31(25(32)28-22-9-3-1-2-4-10-22)29-35(33,34)23-12-11-20-7-5-6-8-21(20)17-23;/h5-8,11-12,17,19,22,29H,1-4,9-10,13-16,18H2,(H3,26,27)(H,28,32);1H. The average molecular weight is 537 g/mol. The van der Waals surface area contributed by atoms with Gasteiger partial charge in [0, 0.05) is 25.7 Å². The molecule has 1 aliphatic heterocycles. The van der Waals surface area contributed by atoms with Gasteiger partial charge in [-0.05, 0) is 54.5 Å². The minimum Gasteiger partial charge on any atom is -0.370 e. The summed E-state index contributed by atoms with van der Waals surface area (Å²) in [5.41, 5.74) is 5.61. The second-order valence-corrected chi connectivity index (χ2v) is 11.3. The zero-order valence-corrected chi connectivity index (χ0v) is 22.1. The van der Waals surface area contributed by atoms with Gasteiger partial charge in [-0.1, -0.05) is 56.0 Å². The molecule has 1 aliphatic carbocycles. The predicted octanol–water partition coefficient (Wildman–Crippen LogP) is 3.79. The molecule has 1 saturated carbocycles. The van der Waals surface area contributed by atoms with Crippen molar-refractivity contribution in [3.8, 4) is 0 Å². The topological polar surface area (TPSA) is 132 Å². The number of rotatable bonds is 6. The summed E-state index contributed by atoms with van der Waals surface area (Å²) < 4.78 is 26.7. The molecule has 2 aliphatic rings. The Labute approximate surface area is 219 Å². The molecule has 9 nitrogen and oxygen atoms in total. The highest BCUT2D eigenvalue weighted by Gasteiger charge is 2.29. The molecule has 2 amide bonds. The van der Waals surface area contributed by atoms with Crippen molar-refractivity contribution < 1.29 is 13.2 Å². The summed E-state index contributed by atoms with van der Waals surface area (Å²) in [5, 5.41) is 13.7. The van der Waals surface area contributed by atoms with Crippen molar-refractivity contribution in [3.05, 3.63) is 42.5 Å². The number of nitrogens with two attached hydrogens (primary N) is 1. The lowest BCUT2D eigenvalue weighted by Gasteiger charge is -2.35. The van der Waals surface area contributed by atoms with Gasteiger partial charge in [0.05, 0.1) is 4.90 Å². The number of benzene rings is 2. The first-order valence-electron chi connectivity index (χ1n) is 12.5. The molecule has 1 heterocycles. The number of hydrogen-bond donors (Lipinski definition) is 4. The number of likely N-dealkylation sites (tertiary alicyclic amines) is 1.